The highest BCUT2D eigenvalue weighted by Gasteiger charge is 2.19. The minimum absolute atomic E-state index is 0.0634. The molecule has 0 unspecified atom stereocenters. The van der Waals surface area contributed by atoms with Gasteiger partial charge in [0.25, 0.3) is 0 Å². The van der Waals surface area contributed by atoms with Crippen molar-refractivity contribution < 1.29 is 28.6 Å². The van der Waals surface area contributed by atoms with Gasteiger partial charge in [-0.2, -0.15) is 0 Å². The molecule has 0 aliphatic heterocycles. The van der Waals surface area contributed by atoms with E-state index in [2.05, 4.69) is 32.9 Å². The first kappa shape index (κ1) is 73.2. The van der Waals surface area contributed by atoms with Crippen molar-refractivity contribution in [3.05, 3.63) is 12.2 Å². The van der Waals surface area contributed by atoms with Crippen LogP contribution in [-0.2, 0) is 28.6 Å². The van der Waals surface area contributed by atoms with Crippen molar-refractivity contribution in [1.82, 2.24) is 0 Å². The van der Waals surface area contributed by atoms with Crippen LogP contribution in [0.4, 0.5) is 0 Å². The first-order chi connectivity index (χ1) is 37.0. The van der Waals surface area contributed by atoms with Crippen LogP contribution in [0.25, 0.3) is 0 Å². The molecule has 0 N–H and O–H groups in total. The topological polar surface area (TPSA) is 78.9 Å². The summed E-state index contributed by atoms with van der Waals surface area (Å²) >= 11 is 0. The van der Waals surface area contributed by atoms with Crippen LogP contribution >= 0.6 is 0 Å². The lowest BCUT2D eigenvalue weighted by molar-refractivity contribution is -0.167. The molecule has 0 bridgehead atoms. The third-order valence-electron chi connectivity index (χ3n) is 15.8. The fourth-order valence-electron chi connectivity index (χ4n) is 10.6. The number of ether oxygens (including phenoxy) is 3. The van der Waals surface area contributed by atoms with E-state index in [0.717, 1.165) is 57.8 Å². The summed E-state index contributed by atoms with van der Waals surface area (Å²) < 4.78 is 17.0. The van der Waals surface area contributed by atoms with Crippen molar-refractivity contribution in [3.63, 3.8) is 0 Å². The molecule has 6 nitrogen and oxygen atoms in total. The van der Waals surface area contributed by atoms with E-state index in [1.165, 1.54) is 295 Å². The molecule has 0 aromatic rings. The second kappa shape index (κ2) is 64.7. The number of hydrogen-bond acceptors (Lipinski definition) is 6. The molecule has 0 spiro atoms. The van der Waals surface area contributed by atoms with Crippen LogP contribution in [0.15, 0.2) is 12.2 Å². The highest BCUT2D eigenvalue weighted by Crippen LogP contribution is 2.19. The second-order valence-corrected chi connectivity index (χ2v) is 23.5. The standard InChI is InChI=1S/C69H132O6/c1-4-7-10-13-16-19-22-25-28-31-34-37-40-43-46-49-52-55-58-61-67(70)73-64-66(75-69(72)63-60-57-54-51-48-45-42-39-36-33-30-27-24-21-18-15-12-9-6-3)65-74-68(71)62-59-56-53-50-47-44-41-38-35-32-29-26-23-20-17-14-11-8-5-2/h25,28,66H,4-24,26-27,29-65H2,1-3H3/b28-25-/t66-/m0/s1. The van der Waals surface area contributed by atoms with Gasteiger partial charge in [-0.25, -0.2) is 0 Å². The van der Waals surface area contributed by atoms with E-state index in [1.54, 1.807) is 0 Å². The Hall–Kier alpha value is -1.85. The maximum Gasteiger partial charge on any atom is 0.306 e. The zero-order chi connectivity index (χ0) is 54.3. The largest absolute Gasteiger partial charge is 0.462 e. The summed E-state index contributed by atoms with van der Waals surface area (Å²) in [6.45, 7) is 6.73. The van der Waals surface area contributed by atoms with Gasteiger partial charge >= 0.3 is 17.9 Å². The Bertz CT molecular complexity index is 1170. The Balaban J connectivity index is 4.29. The molecule has 1 atom stereocenters. The molecular weight excluding hydrogens is 925 g/mol. The molecule has 0 aromatic heterocycles. The Kier molecular flexibility index (Phi) is 63.1. The van der Waals surface area contributed by atoms with E-state index in [-0.39, 0.29) is 31.1 Å². The Morgan fingerprint density at radius 3 is 0.667 bits per heavy atom. The molecular formula is C69H132O6. The fraction of sp³-hybridized carbons (Fsp3) is 0.928. The van der Waals surface area contributed by atoms with Gasteiger partial charge in [-0.1, -0.05) is 341 Å². The summed E-state index contributed by atoms with van der Waals surface area (Å²) in [7, 11) is 0. The fourth-order valence-corrected chi connectivity index (χ4v) is 10.6. The minimum atomic E-state index is -0.767. The number of unbranched alkanes of at least 4 members (excludes halogenated alkanes) is 51. The van der Waals surface area contributed by atoms with Gasteiger partial charge in [-0.05, 0) is 44.9 Å². The normalized spacial score (nSPS) is 12.0. The highest BCUT2D eigenvalue weighted by atomic mass is 16.6. The molecule has 444 valence electrons. The van der Waals surface area contributed by atoms with Crippen molar-refractivity contribution in [2.24, 2.45) is 0 Å². The second-order valence-electron chi connectivity index (χ2n) is 23.5. The van der Waals surface area contributed by atoms with Gasteiger partial charge in [-0.15, -0.1) is 0 Å². The molecule has 0 heterocycles. The van der Waals surface area contributed by atoms with E-state index < -0.39 is 6.10 Å². The van der Waals surface area contributed by atoms with Crippen LogP contribution in [0.2, 0.25) is 0 Å². The summed E-state index contributed by atoms with van der Waals surface area (Å²) in [5.41, 5.74) is 0. The Morgan fingerprint density at radius 2 is 0.440 bits per heavy atom. The van der Waals surface area contributed by atoms with Crippen molar-refractivity contribution in [2.75, 3.05) is 13.2 Å². The molecule has 0 saturated heterocycles. The summed E-state index contributed by atoms with van der Waals surface area (Å²) in [5, 5.41) is 0. The third kappa shape index (κ3) is 62.9. The summed E-state index contributed by atoms with van der Waals surface area (Å²) in [5.74, 6) is -0.829. The van der Waals surface area contributed by atoms with Crippen LogP contribution in [0.3, 0.4) is 0 Å². The predicted molar refractivity (Wildman–Crippen MR) is 326 cm³/mol. The molecule has 6 heteroatoms. The van der Waals surface area contributed by atoms with Crippen molar-refractivity contribution in [3.8, 4) is 0 Å². The molecule has 0 radical (unpaired) electrons. The number of esters is 3. The number of carbonyl (C=O) groups is 3. The molecule has 75 heavy (non-hydrogen) atoms. The first-order valence-electron chi connectivity index (χ1n) is 34.2. The van der Waals surface area contributed by atoms with E-state index in [0.29, 0.717) is 19.3 Å². The van der Waals surface area contributed by atoms with E-state index in [4.69, 9.17) is 14.2 Å². The zero-order valence-electron chi connectivity index (χ0n) is 51.1. The first-order valence-corrected chi connectivity index (χ1v) is 34.2. The summed E-state index contributed by atoms with van der Waals surface area (Å²) in [4.78, 5) is 38.4. The average Bonchev–Trinajstić information content (AvgIpc) is 3.41. The van der Waals surface area contributed by atoms with Gasteiger partial charge in [0.15, 0.2) is 6.10 Å². The van der Waals surface area contributed by atoms with E-state index >= 15 is 0 Å². The predicted octanol–water partition coefficient (Wildman–Crippen LogP) is 23.2. The molecule has 0 aliphatic rings. The van der Waals surface area contributed by atoms with Crippen LogP contribution in [0.5, 0.6) is 0 Å². The van der Waals surface area contributed by atoms with Crippen LogP contribution in [0, 0.1) is 0 Å². The van der Waals surface area contributed by atoms with E-state index in [1.807, 2.05) is 0 Å². The molecule has 0 aliphatic carbocycles. The lowest BCUT2D eigenvalue weighted by Gasteiger charge is -2.18. The van der Waals surface area contributed by atoms with Gasteiger partial charge in [0, 0.05) is 19.3 Å². The SMILES string of the molecule is CCCCCCCC/C=C\CCCCCCCCCCCC(=O)OC[C@@H](COC(=O)CCCCCCCCCCCCCCCCCCCCC)OC(=O)CCCCCCCCCCCCCCCCCCCCC. The molecule has 0 amide bonds. The summed E-state index contributed by atoms with van der Waals surface area (Å²) in [6, 6.07) is 0. The van der Waals surface area contributed by atoms with Crippen LogP contribution < -0.4 is 0 Å². The van der Waals surface area contributed by atoms with Crippen LogP contribution in [0.1, 0.15) is 393 Å². The van der Waals surface area contributed by atoms with Crippen molar-refractivity contribution in [2.45, 2.75) is 399 Å². The Labute approximate surface area is 469 Å². The smallest absolute Gasteiger partial charge is 0.306 e. The van der Waals surface area contributed by atoms with Crippen molar-refractivity contribution >= 4 is 17.9 Å². The maximum absolute atomic E-state index is 12.9. The highest BCUT2D eigenvalue weighted by molar-refractivity contribution is 5.71. The number of carbonyl (C=O) groups excluding carboxylic acids is 3. The van der Waals surface area contributed by atoms with Gasteiger partial charge in [0.1, 0.15) is 13.2 Å². The van der Waals surface area contributed by atoms with Gasteiger partial charge in [0.2, 0.25) is 0 Å². The molecule has 0 fully saturated rings. The molecule has 0 saturated carbocycles. The number of allylic oxidation sites excluding steroid dienone is 2. The maximum atomic E-state index is 12.9. The minimum Gasteiger partial charge on any atom is -0.462 e. The van der Waals surface area contributed by atoms with Gasteiger partial charge < -0.3 is 14.2 Å². The van der Waals surface area contributed by atoms with Crippen molar-refractivity contribution in [1.29, 1.82) is 0 Å². The van der Waals surface area contributed by atoms with Crippen LogP contribution in [-0.4, -0.2) is 37.2 Å². The number of rotatable bonds is 64. The monoisotopic (exact) mass is 1060 g/mol. The molecule has 0 rings (SSSR count). The quantitative estimate of drug-likeness (QED) is 0.0261. The van der Waals surface area contributed by atoms with E-state index in [9.17, 15) is 14.4 Å². The van der Waals surface area contributed by atoms with Gasteiger partial charge in [0.05, 0.1) is 0 Å². The van der Waals surface area contributed by atoms with Gasteiger partial charge in [-0.3, -0.25) is 14.4 Å². The lowest BCUT2D eigenvalue weighted by Crippen LogP contribution is -2.30. The summed E-state index contributed by atoms with van der Waals surface area (Å²) in [6.07, 6.45) is 76.5. The third-order valence-corrected chi connectivity index (χ3v) is 15.8. The average molecular weight is 1060 g/mol. The lowest BCUT2D eigenvalue weighted by atomic mass is 10.0. The zero-order valence-corrected chi connectivity index (χ0v) is 51.1. The molecule has 0 aromatic carbocycles. The number of hydrogen-bond donors (Lipinski definition) is 0. The Morgan fingerprint density at radius 1 is 0.253 bits per heavy atom.